The summed E-state index contributed by atoms with van der Waals surface area (Å²) < 4.78 is 37.3. The van der Waals surface area contributed by atoms with Crippen molar-refractivity contribution in [3.8, 4) is 17.1 Å². The van der Waals surface area contributed by atoms with Crippen molar-refractivity contribution in [1.29, 1.82) is 0 Å². The van der Waals surface area contributed by atoms with E-state index in [0.29, 0.717) is 33.5 Å². The van der Waals surface area contributed by atoms with Crippen LogP contribution in [0.4, 0.5) is 24.7 Å². The largest absolute Gasteiger partial charge is 0.495 e. The Bertz CT molecular complexity index is 1600. The fourth-order valence-electron chi connectivity index (χ4n) is 4.46. The SMILES string of the molecule is COc1cc(C(=O)N(C)C2CCN(C)C2)ccc1Nc1cncc(-c2cc3ccc(Cl)cc3[nH]2)n1.O=C(O)C(F)(F)F. The third-order valence-electron chi connectivity index (χ3n) is 6.68. The molecule has 3 N–H and O–H groups in total. The minimum Gasteiger partial charge on any atom is -0.495 e. The van der Waals surface area contributed by atoms with Gasteiger partial charge in [0.2, 0.25) is 0 Å². The van der Waals surface area contributed by atoms with Crippen LogP contribution < -0.4 is 10.1 Å². The fourth-order valence-corrected chi connectivity index (χ4v) is 4.63. The number of carbonyl (C=O) groups is 2. The number of aliphatic carboxylic acids is 1. The molecule has 1 saturated heterocycles. The number of hydrogen-bond donors (Lipinski definition) is 3. The molecular weight excluding hydrogens is 577 g/mol. The summed E-state index contributed by atoms with van der Waals surface area (Å²) >= 11 is 6.11. The van der Waals surface area contributed by atoms with Gasteiger partial charge in [-0.15, -0.1) is 0 Å². The summed E-state index contributed by atoms with van der Waals surface area (Å²) in [6.45, 7) is 1.89. The van der Waals surface area contributed by atoms with Gasteiger partial charge in [-0.2, -0.15) is 13.2 Å². The Kier molecular flexibility index (Phi) is 9.22. The molecule has 1 unspecified atom stereocenters. The Morgan fingerprint density at radius 3 is 2.57 bits per heavy atom. The summed E-state index contributed by atoms with van der Waals surface area (Å²) in [5.41, 5.74) is 3.75. The number of nitrogens with zero attached hydrogens (tertiary/aromatic N) is 4. The molecule has 0 saturated carbocycles. The molecule has 1 fully saturated rings. The normalized spacial score (nSPS) is 15.2. The summed E-state index contributed by atoms with van der Waals surface area (Å²) in [5.74, 6) is -1.66. The van der Waals surface area contributed by atoms with Crippen LogP contribution in [0.5, 0.6) is 5.75 Å². The first-order valence-corrected chi connectivity index (χ1v) is 13.0. The van der Waals surface area contributed by atoms with Crippen molar-refractivity contribution >= 4 is 45.9 Å². The van der Waals surface area contributed by atoms with Crippen molar-refractivity contribution < 1.29 is 32.6 Å². The second-order valence-corrected chi connectivity index (χ2v) is 10.1. The molecule has 0 spiro atoms. The Morgan fingerprint density at radius 2 is 1.93 bits per heavy atom. The molecular formula is C28H28ClF3N6O4. The highest BCUT2D eigenvalue weighted by Crippen LogP contribution is 2.30. The van der Waals surface area contributed by atoms with Gasteiger partial charge in [0.1, 0.15) is 17.3 Å². The molecule has 14 heteroatoms. The number of amides is 1. The second kappa shape index (κ2) is 12.7. The van der Waals surface area contributed by atoms with Gasteiger partial charge in [0, 0.05) is 41.1 Å². The van der Waals surface area contributed by atoms with Crippen LogP contribution in [-0.2, 0) is 4.79 Å². The van der Waals surface area contributed by atoms with E-state index in [-0.39, 0.29) is 11.9 Å². The van der Waals surface area contributed by atoms with E-state index in [4.69, 9.17) is 31.2 Å². The molecule has 3 heterocycles. The average Bonchev–Trinajstić information content (AvgIpc) is 3.58. The topological polar surface area (TPSA) is 124 Å². The van der Waals surface area contributed by atoms with Crippen molar-refractivity contribution in [3.05, 3.63) is 65.4 Å². The number of anilines is 2. The summed E-state index contributed by atoms with van der Waals surface area (Å²) in [7, 11) is 5.53. The number of carboxylic acids is 1. The molecule has 4 aromatic rings. The zero-order valence-corrected chi connectivity index (χ0v) is 23.6. The molecule has 0 radical (unpaired) electrons. The zero-order valence-electron chi connectivity index (χ0n) is 22.9. The smallest absolute Gasteiger partial charge is 0.490 e. The fraction of sp³-hybridized carbons (Fsp3) is 0.286. The van der Waals surface area contributed by atoms with Crippen LogP contribution in [0.3, 0.4) is 0 Å². The van der Waals surface area contributed by atoms with Gasteiger partial charge in [-0.05, 0) is 56.4 Å². The predicted molar refractivity (Wildman–Crippen MR) is 152 cm³/mol. The highest BCUT2D eigenvalue weighted by atomic mass is 35.5. The number of nitrogens with one attached hydrogen (secondary N) is 2. The predicted octanol–water partition coefficient (Wildman–Crippen LogP) is 5.44. The quantitative estimate of drug-likeness (QED) is 0.266. The number of alkyl halides is 3. The summed E-state index contributed by atoms with van der Waals surface area (Å²) in [4.78, 5) is 38.4. The van der Waals surface area contributed by atoms with Crippen LogP contribution in [-0.4, -0.2) is 88.2 Å². The van der Waals surface area contributed by atoms with Gasteiger partial charge >= 0.3 is 12.1 Å². The first kappa shape index (κ1) is 30.6. The first-order chi connectivity index (χ1) is 19.8. The van der Waals surface area contributed by atoms with Gasteiger partial charge < -0.3 is 29.9 Å². The van der Waals surface area contributed by atoms with E-state index in [1.165, 1.54) is 0 Å². The molecule has 1 aliphatic rings. The van der Waals surface area contributed by atoms with Crippen LogP contribution in [0.1, 0.15) is 16.8 Å². The molecule has 10 nitrogen and oxygen atoms in total. The lowest BCUT2D eigenvalue weighted by Gasteiger charge is -2.25. The van der Waals surface area contributed by atoms with Crippen molar-refractivity contribution in [3.63, 3.8) is 0 Å². The Hall–Kier alpha value is -4.36. The van der Waals surface area contributed by atoms with E-state index in [1.54, 1.807) is 31.6 Å². The maximum absolute atomic E-state index is 13.1. The number of H-pyrrole nitrogens is 1. The third kappa shape index (κ3) is 7.28. The van der Waals surface area contributed by atoms with E-state index in [2.05, 4.69) is 27.2 Å². The monoisotopic (exact) mass is 604 g/mol. The number of aromatic amines is 1. The lowest BCUT2D eigenvalue weighted by Crippen LogP contribution is -2.38. The van der Waals surface area contributed by atoms with Gasteiger partial charge in [0.15, 0.2) is 0 Å². The number of ether oxygens (including phenoxy) is 1. The molecule has 42 heavy (non-hydrogen) atoms. The molecule has 0 aliphatic carbocycles. The Morgan fingerprint density at radius 1 is 1.19 bits per heavy atom. The van der Waals surface area contributed by atoms with Crippen LogP contribution >= 0.6 is 11.6 Å². The molecule has 2 aromatic heterocycles. The van der Waals surface area contributed by atoms with Gasteiger partial charge in [-0.3, -0.25) is 9.78 Å². The van der Waals surface area contributed by atoms with E-state index < -0.39 is 12.1 Å². The van der Waals surface area contributed by atoms with Crippen molar-refractivity contribution in [2.45, 2.75) is 18.6 Å². The number of methoxy groups -OCH3 is 1. The number of halogens is 4. The lowest BCUT2D eigenvalue weighted by molar-refractivity contribution is -0.192. The lowest BCUT2D eigenvalue weighted by atomic mass is 10.1. The standard InChI is InChI=1S/C26H27ClN6O2.C2HF3O2/c1-32-9-8-19(15-32)33(2)26(34)17-5-7-20(24(11-17)35-3)30-25-14-28-13-23(31-25)22-10-16-4-6-18(27)12-21(16)29-22;3-2(4,5)1(6)7/h4-7,10-14,19,29H,8-9,15H2,1-3H3,(H,30,31);(H,6,7). The van der Waals surface area contributed by atoms with E-state index in [1.807, 2.05) is 42.3 Å². The number of benzene rings is 2. The van der Waals surface area contributed by atoms with Gasteiger partial charge in [-0.25, -0.2) is 9.78 Å². The molecule has 5 rings (SSSR count). The second-order valence-electron chi connectivity index (χ2n) is 9.67. The van der Waals surface area contributed by atoms with E-state index in [9.17, 15) is 18.0 Å². The number of likely N-dealkylation sites (N-methyl/N-ethyl adjacent to an activating group) is 2. The Labute approximate surface area is 244 Å². The summed E-state index contributed by atoms with van der Waals surface area (Å²) in [6.07, 6.45) is -0.757. The maximum atomic E-state index is 13.1. The van der Waals surface area contributed by atoms with Crippen molar-refractivity contribution in [1.82, 2.24) is 24.8 Å². The minimum atomic E-state index is -5.08. The molecule has 1 aliphatic heterocycles. The van der Waals surface area contributed by atoms with Crippen LogP contribution in [0.25, 0.3) is 22.3 Å². The number of hydrogen-bond acceptors (Lipinski definition) is 7. The number of aromatic nitrogens is 3. The number of fused-ring (bicyclic) bond motifs is 1. The summed E-state index contributed by atoms with van der Waals surface area (Å²) in [5, 5.41) is 12.1. The highest BCUT2D eigenvalue weighted by Gasteiger charge is 2.38. The van der Waals surface area contributed by atoms with Crippen molar-refractivity contribution in [2.75, 3.05) is 39.6 Å². The number of rotatable bonds is 6. The molecule has 2 aromatic carbocycles. The number of likely N-dealkylation sites (tertiary alicyclic amines) is 1. The zero-order chi connectivity index (χ0) is 30.6. The summed E-state index contributed by atoms with van der Waals surface area (Å²) in [6, 6.07) is 13.3. The van der Waals surface area contributed by atoms with Gasteiger partial charge in [0.05, 0.1) is 30.9 Å². The van der Waals surface area contributed by atoms with Gasteiger partial charge in [0.25, 0.3) is 5.91 Å². The molecule has 0 bridgehead atoms. The number of carbonyl (C=O) groups excluding carboxylic acids is 1. The maximum Gasteiger partial charge on any atom is 0.490 e. The van der Waals surface area contributed by atoms with Gasteiger partial charge in [-0.1, -0.05) is 17.7 Å². The number of carboxylic acid groups (broad SMARTS) is 1. The van der Waals surface area contributed by atoms with E-state index in [0.717, 1.165) is 36.1 Å². The molecule has 222 valence electrons. The highest BCUT2D eigenvalue weighted by molar-refractivity contribution is 6.31. The van der Waals surface area contributed by atoms with E-state index >= 15 is 0 Å². The molecule has 1 atom stereocenters. The minimum absolute atomic E-state index is 0.0177. The van der Waals surface area contributed by atoms with Crippen molar-refractivity contribution in [2.24, 2.45) is 0 Å². The first-order valence-electron chi connectivity index (χ1n) is 12.7. The third-order valence-corrected chi connectivity index (χ3v) is 6.92. The van der Waals surface area contributed by atoms with Crippen LogP contribution in [0.2, 0.25) is 5.02 Å². The average molecular weight is 605 g/mol. The molecule has 1 amide bonds. The van der Waals surface area contributed by atoms with Crippen LogP contribution in [0, 0.1) is 0 Å². The Balaban J connectivity index is 0.000000517. The van der Waals surface area contributed by atoms with Crippen LogP contribution in [0.15, 0.2) is 54.9 Å².